The molecular weight excluding hydrogens is 252 g/mol. The molecule has 18 heavy (non-hydrogen) atoms. The Kier molecular flexibility index (Phi) is 5.58. The highest BCUT2D eigenvalue weighted by Gasteiger charge is 2.14. The van der Waals surface area contributed by atoms with Gasteiger partial charge in [-0.1, -0.05) is 13.3 Å². The van der Waals surface area contributed by atoms with Crippen LogP contribution in [-0.2, 0) is 10.0 Å². The molecule has 1 unspecified atom stereocenters. The van der Waals surface area contributed by atoms with Crippen LogP contribution >= 0.6 is 0 Å². The SMILES string of the molecule is CCCC(N)CNS(=O)(=O)c1ccc(OC)cc1. The van der Waals surface area contributed by atoms with Crippen LogP contribution in [0.1, 0.15) is 19.8 Å². The molecule has 1 rings (SSSR count). The molecule has 0 aromatic heterocycles. The Bertz CT molecular complexity index is 457. The van der Waals surface area contributed by atoms with Crippen LogP contribution in [0, 0.1) is 0 Å². The fraction of sp³-hybridized carbons (Fsp3) is 0.500. The second kappa shape index (κ2) is 6.72. The van der Waals surface area contributed by atoms with Crippen molar-refractivity contribution in [2.75, 3.05) is 13.7 Å². The average molecular weight is 272 g/mol. The summed E-state index contributed by atoms with van der Waals surface area (Å²) >= 11 is 0. The van der Waals surface area contributed by atoms with E-state index < -0.39 is 10.0 Å². The minimum absolute atomic E-state index is 0.150. The van der Waals surface area contributed by atoms with Crippen molar-refractivity contribution in [2.24, 2.45) is 5.73 Å². The van der Waals surface area contributed by atoms with E-state index in [4.69, 9.17) is 10.5 Å². The van der Waals surface area contributed by atoms with Crippen molar-refractivity contribution < 1.29 is 13.2 Å². The number of nitrogens with one attached hydrogen (secondary N) is 1. The van der Waals surface area contributed by atoms with Gasteiger partial charge in [0, 0.05) is 12.6 Å². The zero-order chi connectivity index (χ0) is 13.6. The van der Waals surface area contributed by atoms with E-state index >= 15 is 0 Å². The largest absolute Gasteiger partial charge is 0.497 e. The van der Waals surface area contributed by atoms with E-state index in [0.29, 0.717) is 5.75 Å². The van der Waals surface area contributed by atoms with Gasteiger partial charge in [0.05, 0.1) is 12.0 Å². The number of sulfonamides is 1. The molecule has 0 bridgehead atoms. The molecule has 0 aliphatic carbocycles. The molecule has 0 spiro atoms. The number of methoxy groups -OCH3 is 1. The third kappa shape index (κ3) is 4.29. The Morgan fingerprint density at radius 1 is 1.33 bits per heavy atom. The monoisotopic (exact) mass is 272 g/mol. The molecule has 0 aliphatic heterocycles. The number of nitrogens with two attached hydrogens (primary N) is 1. The van der Waals surface area contributed by atoms with Crippen LogP contribution in [0.2, 0.25) is 0 Å². The van der Waals surface area contributed by atoms with Crippen molar-refractivity contribution in [2.45, 2.75) is 30.7 Å². The fourth-order valence-corrected chi connectivity index (χ4v) is 2.62. The lowest BCUT2D eigenvalue weighted by Gasteiger charge is -2.12. The highest BCUT2D eigenvalue weighted by atomic mass is 32.2. The summed E-state index contributed by atoms with van der Waals surface area (Å²) in [5, 5.41) is 0. The van der Waals surface area contributed by atoms with Gasteiger partial charge >= 0.3 is 0 Å². The minimum Gasteiger partial charge on any atom is -0.497 e. The molecule has 1 atom stereocenters. The third-order valence-corrected chi connectivity index (χ3v) is 4.00. The van der Waals surface area contributed by atoms with Crippen LogP contribution in [0.15, 0.2) is 29.2 Å². The van der Waals surface area contributed by atoms with Gasteiger partial charge in [0.25, 0.3) is 0 Å². The first-order chi connectivity index (χ1) is 8.49. The highest BCUT2D eigenvalue weighted by molar-refractivity contribution is 7.89. The maximum absolute atomic E-state index is 11.9. The van der Waals surface area contributed by atoms with Gasteiger partial charge in [0.15, 0.2) is 0 Å². The summed E-state index contributed by atoms with van der Waals surface area (Å²) in [6.45, 7) is 2.26. The molecule has 6 heteroatoms. The van der Waals surface area contributed by atoms with E-state index in [-0.39, 0.29) is 17.5 Å². The lowest BCUT2D eigenvalue weighted by molar-refractivity contribution is 0.414. The molecule has 0 saturated heterocycles. The van der Waals surface area contributed by atoms with E-state index in [1.807, 2.05) is 6.92 Å². The lowest BCUT2D eigenvalue weighted by Crippen LogP contribution is -2.37. The van der Waals surface area contributed by atoms with Gasteiger partial charge in [0.2, 0.25) is 10.0 Å². The molecule has 0 radical (unpaired) electrons. The Morgan fingerprint density at radius 3 is 2.44 bits per heavy atom. The van der Waals surface area contributed by atoms with Crippen LogP contribution in [-0.4, -0.2) is 28.1 Å². The average Bonchev–Trinajstić information content (AvgIpc) is 2.37. The minimum atomic E-state index is -3.48. The molecule has 0 amide bonds. The summed E-state index contributed by atoms with van der Waals surface area (Å²) < 4.78 is 31.3. The number of benzene rings is 1. The van der Waals surface area contributed by atoms with Crippen LogP contribution in [0.5, 0.6) is 5.75 Å². The molecule has 1 aromatic rings. The van der Waals surface area contributed by atoms with Crippen molar-refractivity contribution in [1.29, 1.82) is 0 Å². The van der Waals surface area contributed by atoms with E-state index in [1.54, 1.807) is 12.1 Å². The zero-order valence-corrected chi connectivity index (χ0v) is 11.5. The number of rotatable bonds is 7. The lowest BCUT2D eigenvalue weighted by atomic mass is 10.2. The van der Waals surface area contributed by atoms with Crippen molar-refractivity contribution in [1.82, 2.24) is 4.72 Å². The summed E-state index contributed by atoms with van der Waals surface area (Å²) in [5.41, 5.74) is 5.77. The van der Waals surface area contributed by atoms with E-state index in [2.05, 4.69) is 4.72 Å². The summed E-state index contributed by atoms with van der Waals surface area (Å²) in [4.78, 5) is 0.215. The second-order valence-electron chi connectivity index (χ2n) is 4.08. The van der Waals surface area contributed by atoms with Gasteiger partial charge in [-0.2, -0.15) is 0 Å². The van der Waals surface area contributed by atoms with Crippen LogP contribution in [0.3, 0.4) is 0 Å². The van der Waals surface area contributed by atoms with Gasteiger partial charge < -0.3 is 10.5 Å². The Balaban J connectivity index is 2.67. The quantitative estimate of drug-likeness (QED) is 0.779. The van der Waals surface area contributed by atoms with Crippen molar-refractivity contribution in [3.05, 3.63) is 24.3 Å². The van der Waals surface area contributed by atoms with E-state index in [1.165, 1.54) is 19.2 Å². The first-order valence-electron chi connectivity index (χ1n) is 5.89. The highest BCUT2D eigenvalue weighted by Crippen LogP contribution is 2.15. The summed E-state index contributed by atoms with van der Waals surface area (Å²) in [7, 11) is -1.95. The maximum atomic E-state index is 11.9. The molecular formula is C12H20N2O3S. The predicted molar refractivity (Wildman–Crippen MR) is 71.1 cm³/mol. The molecule has 0 aliphatic rings. The second-order valence-corrected chi connectivity index (χ2v) is 5.84. The maximum Gasteiger partial charge on any atom is 0.240 e. The summed E-state index contributed by atoms with van der Waals surface area (Å²) in [6, 6.07) is 6.09. The Morgan fingerprint density at radius 2 is 1.94 bits per heavy atom. The molecule has 0 heterocycles. The summed E-state index contributed by atoms with van der Waals surface area (Å²) in [6.07, 6.45) is 1.73. The Hall–Kier alpha value is -1.11. The van der Waals surface area contributed by atoms with Gasteiger partial charge in [0.1, 0.15) is 5.75 Å². The van der Waals surface area contributed by atoms with Crippen molar-refractivity contribution in [3.8, 4) is 5.75 Å². The predicted octanol–water partition coefficient (Wildman–Crippen LogP) is 1.10. The molecule has 1 aromatic carbocycles. The number of ether oxygens (including phenoxy) is 1. The normalized spacial score (nSPS) is 13.3. The van der Waals surface area contributed by atoms with Crippen molar-refractivity contribution in [3.63, 3.8) is 0 Å². The van der Waals surface area contributed by atoms with Gasteiger partial charge in [-0.25, -0.2) is 13.1 Å². The fourth-order valence-electron chi connectivity index (χ4n) is 1.53. The molecule has 5 nitrogen and oxygen atoms in total. The topological polar surface area (TPSA) is 81.4 Å². The van der Waals surface area contributed by atoms with E-state index in [9.17, 15) is 8.42 Å². The first-order valence-corrected chi connectivity index (χ1v) is 7.37. The van der Waals surface area contributed by atoms with Gasteiger partial charge in [-0.15, -0.1) is 0 Å². The third-order valence-electron chi connectivity index (χ3n) is 2.56. The Labute approximate surface area is 108 Å². The summed E-state index contributed by atoms with van der Waals surface area (Å²) in [5.74, 6) is 0.622. The van der Waals surface area contributed by atoms with Gasteiger partial charge in [-0.05, 0) is 30.7 Å². The molecule has 0 saturated carbocycles. The van der Waals surface area contributed by atoms with Crippen LogP contribution in [0.4, 0.5) is 0 Å². The van der Waals surface area contributed by atoms with E-state index in [0.717, 1.165) is 12.8 Å². The first kappa shape index (κ1) is 14.9. The molecule has 0 fully saturated rings. The standard InChI is InChI=1S/C12H20N2O3S/c1-3-4-10(13)9-14-18(15,16)12-7-5-11(17-2)6-8-12/h5-8,10,14H,3-4,9,13H2,1-2H3. The zero-order valence-electron chi connectivity index (χ0n) is 10.7. The molecule has 3 N–H and O–H groups in total. The number of hydrogen-bond acceptors (Lipinski definition) is 4. The number of hydrogen-bond donors (Lipinski definition) is 2. The van der Waals surface area contributed by atoms with Crippen LogP contribution < -0.4 is 15.2 Å². The van der Waals surface area contributed by atoms with Gasteiger partial charge in [-0.3, -0.25) is 0 Å². The van der Waals surface area contributed by atoms with Crippen LogP contribution in [0.25, 0.3) is 0 Å². The van der Waals surface area contributed by atoms with Crippen molar-refractivity contribution >= 4 is 10.0 Å². The smallest absolute Gasteiger partial charge is 0.240 e. The molecule has 102 valence electrons.